The van der Waals surface area contributed by atoms with E-state index in [1.165, 1.54) is 0 Å². The molecule has 6 rings (SSSR count). The van der Waals surface area contributed by atoms with Gasteiger partial charge in [0.05, 0.1) is 17.5 Å². The molecule has 3 heterocycles. The van der Waals surface area contributed by atoms with E-state index in [0.717, 1.165) is 50.1 Å². The number of anilines is 1. The van der Waals surface area contributed by atoms with Gasteiger partial charge in [0.15, 0.2) is 0 Å². The lowest BCUT2D eigenvalue weighted by Gasteiger charge is -2.15. The molecule has 1 N–H and O–H groups in total. The highest BCUT2D eigenvalue weighted by Crippen LogP contribution is 2.35. The van der Waals surface area contributed by atoms with E-state index < -0.39 is 0 Å². The molecule has 0 saturated carbocycles. The first-order valence-corrected chi connectivity index (χ1v) is 10.8. The molecule has 0 saturated heterocycles. The second-order valence-electron chi connectivity index (χ2n) is 8.41. The minimum absolute atomic E-state index is 0.0139. The summed E-state index contributed by atoms with van der Waals surface area (Å²) in [4.78, 5) is 31.7. The van der Waals surface area contributed by atoms with Crippen molar-refractivity contribution < 1.29 is 9.59 Å². The molecule has 4 aromatic rings. The van der Waals surface area contributed by atoms with Crippen LogP contribution in [-0.2, 0) is 24.2 Å². The number of pyridine rings is 1. The second kappa shape index (κ2) is 7.31. The summed E-state index contributed by atoms with van der Waals surface area (Å²) in [6.07, 6.45) is 1.10. The van der Waals surface area contributed by atoms with Crippen molar-refractivity contribution in [3.63, 3.8) is 0 Å². The van der Waals surface area contributed by atoms with Gasteiger partial charge in [-0.2, -0.15) is 0 Å². The van der Waals surface area contributed by atoms with Crippen LogP contribution in [0.15, 0.2) is 72.8 Å². The quantitative estimate of drug-likeness (QED) is 0.526. The van der Waals surface area contributed by atoms with Crippen LogP contribution in [0.3, 0.4) is 0 Å². The van der Waals surface area contributed by atoms with Gasteiger partial charge in [-0.05, 0) is 46.5 Å². The van der Waals surface area contributed by atoms with E-state index in [1.807, 2.05) is 65.6 Å². The lowest BCUT2D eigenvalue weighted by atomic mass is 9.95. The fourth-order valence-corrected chi connectivity index (χ4v) is 4.73. The molecule has 0 atom stereocenters. The van der Waals surface area contributed by atoms with Gasteiger partial charge in [-0.15, -0.1) is 0 Å². The van der Waals surface area contributed by atoms with Gasteiger partial charge in [-0.25, -0.2) is 0 Å². The smallest absolute Gasteiger partial charge is 0.255 e. The molecule has 3 aromatic carbocycles. The summed E-state index contributed by atoms with van der Waals surface area (Å²) < 4.78 is 0. The van der Waals surface area contributed by atoms with Crippen LogP contribution in [0.4, 0.5) is 5.69 Å². The summed E-state index contributed by atoms with van der Waals surface area (Å²) >= 11 is 0. The zero-order valence-corrected chi connectivity index (χ0v) is 17.5. The Morgan fingerprint density at radius 1 is 0.906 bits per heavy atom. The van der Waals surface area contributed by atoms with Crippen molar-refractivity contribution in [2.45, 2.75) is 19.4 Å². The van der Waals surface area contributed by atoms with Crippen molar-refractivity contribution in [3.05, 3.63) is 95.2 Å². The Morgan fingerprint density at radius 2 is 1.81 bits per heavy atom. The number of fused-ring (bicyclic) bond motifs is 3. The van der Waals surface area contributed by atoms with Gasteiger partial charge in [0, 0.05) is 36.3 Å². The number of aromatic nitrogens is 1. The molecule has 0 bridgehead atoms. The molecule has 5 nitrogen and oxygen atoms in total. The van der Waals surface area contributed by atoms with Crippen LogP contribution in [0.25, 0.3) is 22.0 Å². The third-order valence-electron chi connectivity index (χ3n) is 6.35. The highest BCUT2D eigenvalue weighted by atomic mass is 16.2. The van der Waals surface area contributed by atoms with Crippen LogP contribution in [0.1, 0.15) is 27.2 Å². The normalized spacial score (nSPS) is 14.6. The molecule has 0 spiro atoms. The average Bonchev–Trinajstić information content (AvgIpc) is 3.35. The molecule has 0 radical (unpaired) electrons. The maximum Gasteiger partial charge on any atom is 0.255 e. The number of benzene rings is 3. The van der Waals surface area contributed by atoms with Gasteiger partial charge in [0.1, 0.15) is 0 Å². The van der Waals surface area contributed by atoms with Crippen molar-refractivity contribution in [3.8, 4) is 11.1 Å². The predicted octanol–water partition coefficient (Wildman–Crippen LogP) is 4.59. The number of carbonyl (C=O) groups is 2. The van der Waals surface area contributed by atoms with Crippen molar-refractivity contribution in [1.82, 2.24) is 9.88 Å². The van der Waals surface area contributed by atoms with Crippen LogP contribution in [0.5, 0.6) is 0 Å². The number of para-hydroxylation sites is 1. The lowest BCUT2D eigenvalue weighted by molar-refractivity contribution is -0.115. The van der Waals surface area contributed by atoms with Gasteiger partial charge in [-0.1, -0.05) is 48.5 Å². The van der Waals surface area contributed by atoms with Gasteiger partial charge >= 0.3 is 0 Å². The molecule has 2 amide bonds. The number of rotatable bonds is 4. The topological polar surface area (TPSA) is 62.3 Å². The number of nitrogens with one attached hydrogen (secondary N) is 1. The highest BCUT2D eigenvalue weighted by Gasteiger charge is 2.30. The molecule has 156 valence electrons. The Kier molecular flexibility index (Phi) is 4.28. The van der Waals surface area contributed by atoms with Crippen LogP contribution >= 0.6 is 0 Å². The SMILES string of the molecule is O=C1Cc2cc(-c3cccc4c3C(=O)N(CCc3ccc5ccccc5n3)C4)ccc2N1. The number of hydrogen-bond acceptors (Lipinski definition) is 3. The molecule has 1 aromatic heterocycles. The first-order valence-electron chi connectivity index (χ1n) is 10.8. The first-order chi connectivity index (χ1) is 15.7. The molecule has 2 aliphatic rings. The van der Waals surface area contributed by atoms with E-state index in [4.69, 9.17) is 4.98 Å². The third-order valence-corrected chi connectivity index (χ3v) is 6.35. The Hall–Kier alpha value is -3.99. The molecule has 0 fully saturated rings. The highest BCUT2D eigenvalue weighted by molar-refractivity contribution is 6.05. The molecule has 0 unspecified atom stereocenters. The van der Waals surface area contributed by atoms with E-state index in [9.17, 15) is 9.59 Å². The number of amides is 2. The first kappa shape index (κ1) is 18.8. The summed E-state index contributed by atoms with van der Waals surface area (Å²) in [5, 5.41) is 3.99. The minimum Gasteiger partial charge on any atom is -0.334 e. The number of hydrogen-bond donors (Lipinski definition) is 1. The second-order valence-corrected chi connectivity index (χ2v) is 8.41. The van der Waals surface area contributed by atoms with Crippen molar-refractivity contribution >= 4 is 28.4 Å². The van der Waals surface area contributed by atoms with Gasteiger partial charge in [0.25, 0.3) is 5.91 Å². The van der Waals surface area contributed by atoms with Crippen LogP contribution < -0.4 is 5.32 Å². The molecular formula is C27H21N3O2. The van der Waals surface area contributed by atoms with Crippen LogP contribution in [0, 0.1) is 0 Å². The van der Waals surface area contributed by atoms with Crippen molar-refractivity contribution in [2.75, 3.05) is 11.9 Å². The molecular weight excluding hydrogens is 398 g/mol. The maximum absolute atomic E-state index is 13.3. The summed E-state index contributed by atoms with van der Waals surface area (Å²) in [6, 6.07) is 24.2. The van der Waals surface area contributed by atoms with E-state index in [-0.39, 0.29) is 11.8 Å². The number of carbonyl (C=O) groups excluding carboxylic acids is 2. The summed E-state index contributed by atoms with van der Waals surface area (Å²) in [5.74, 6) is 0.0751. The van der Waals surface area contributed by atoms with E-state index in [0.29, 0.717) is 25.9 Å². The monoisotopic (exact) mass is 419 g/mol. The predicted molar refractivity (Wildman–Crippen MR) is 124 cm³/mol. The molecule has 5 heteroatoms. The Bertz CT molecular complexity index is 1410. The number of nitrogens with zero attached hydrogens (tertiary/aromatic N) is 2. The van der Waals surface area contributed by atoms with E-state index >= 15 is 0 Å². The van der Waals surface area contributed by atoms with Crippen LogP contribution in [-0.4, -0.2) is 28.2 Å². The Morgan fingerprint density at radius 3 is 2.75 bits per heavy atom. The summed E-state index contributed by atoms with van der Waals surface area (Å²) in [6.45, 7) is 1.24. The Balaban J connectivity index is 1.25. The third kappa shape index (κ3) is 3.14. The standard InChI is InChI=1S/C27H21N3O2/c31-25-15-20-14-18(9-11-24(20)29-25)22-6-3-5-19-16-30(27(32)26(19)22)13-12-21-10-8-17-4-1-2-7-23(17)28-21/h1-11,14H,12-13,15-16H2,(H,29,31). The van der Waals surface area contributed by atoms with Crippen LogP contribution in [0.2, 0.25) is 0 Å². The zero-order chi connectivity index (χ0) is 21.7. The molecule has 32 heavy (non-hydrogen) atoms. The van der Waals surface area contributed by atoms with E-state index in [1.54, 1.807) is 0 Å². The van der Waals surface area contributed by atoms with Crippen molar-refractivity contribution in [2.24, 2.45) is 0 Å². The zero-order valence-electron chi connectivity index (χ0n) is 17.5. The average molecular weight is 419 g/mol. The fourth-order valence-electron chi connectivity index (χ4n) is 4.73. The molecule has 0 aliphatic carbocycles. The maximum atomic E-state index is 13.3. The van der Waals surface area contributed by atoms with E-state index in [2.05, 4.69) is 17.4 Å². The Labute approximate surface area is 185 Å². The fraction of sp³-hybridized carbons (Fsp3) is 0.148. The van der Waals surface area contributed by atoms with Gasteiger partial charge < -0.3 is 10.2 Å². The minimum atomic E-state index is 0.0139. The van der Waals surface area contributed by atoms with Crippen molar-refractivity contribution in [1.29, 1.82) is 0 Å². The summed E-state index contributed by atoms with van der Waals surface area (Å²) in [7, 11) is 0. The van der Waals surface area contributed by atoms with Gasteiger partial charge in [-0.3, -0.25) is 14.6 Å². The van der Waals surface area contributed by atoms with Gasteiger partial charge in [0.2, 0.25) is 5.91 Å². The lowest BCUT2D eigenvalue weighted by Crippen LogP contribution is -2.26. The summed E-state index contributed by atoms with van der Waals surface area (Å²) in [5.41, 5.74) is 7.54. The molecule has 2 aliphatic heterocycles. The largest absolute Gasteiger partial charge is 0.334 e.